The zero-order valence-electron chi connectivity index (χ0n) is 19.9. The Hall–Kier alpha value is -2.85. The predicted octanol–water partition coefficient (Wildman–Crippen LogP) is 3.42. The Bertz CT molecular complexity index is 1210. The minimum Gasteiger partial charge on any atom is -0.444 e. The van der Waals surface area contributed by atoms with Crippen molar-refractivity contribution in [3.63, 3.8) is 0 Å². The van der Waals surface area contributed by atoms with E-state index in [1.165, 1.54) is 11.8 Å². The molecule has 0 aromatic heterocycles. The summed E-state index contributed by atoms with van der Waals surface area (Å²) >= 11 is 1.30. The van der Waals surface area contributed by atoms with E-state index >= 15 is 0 Å². The second-order valence-corrected chi connectivity index (χ2v) is 13.0. The maximum absolute atomic E-state index is 13.4. The van der Waals surface area contributed by atoms with Crippen LogP contribution in [0, 0.1) is 0 Å². The van der Waals surface area contributed by atoms with Crippen LogP contribution in [-0.4, -0.2) is 60.0 Å². The van der Waals surface area contributed by atoms with Crippen molar-refractivity contribution >= 4 is 44.5 Å². The van der Waals surface area contributed by atoms with Crippen molar-refractivity contribution in [1.82, 2.24) is 5.32 Å². The summed E-state index contributed by atoms with van der Waals surface area (Å²) in [5, 5.41) is 2.90. The van der Waals surface area contributed by atoms with Gasteiger partial charge in [0.2, 0.25) is 0 Å². The average molecular weight is 516 g/mol. The van der Waals surface area contributed by atoms with Crippen LogP contribution in [-0.2, 0) is 25.8 Å². The van der Waals surface area contributed by atoms with Gasteiger partial charge in [-0.25, -0.2) is 13.2 Å². The van der Waals surface area contributed by atoms with Crippen LogP contribution < -0.4 is 10.2 Å². The molecule has 2 aliphatic rings. The first-order chi connectivity index (χ1) is 16.5. The highest BCUT2D eigenvalue weighted by atomic mass is 32.2. The molecule has 2 amide bonds. The number of alkyl carbamates (subject to hydrolysis) is 1. The number of aliphatic imine (C=N–C) groups is 1. The highest BCUT2D eigenvalue weighted by Gasteiger charge is 2.49. The van der Waals surface area contributed by atoms with Crippen molar-refractivity contribution in [2.75, 3.05) is 16.4 Å². The van der Waals surface area contributed by atoms with Crippen molar-refractivity contribution in [2.45, 2.75) is 50.1 Å². The van der Waals surface area contributed by atoms with Gasteiger partial charge in [0, 0.05) is 17.4 Å². The van der Waals surface area contributed by atoms with Gasteiger partial charge in [0.1, 0.15) is 11.6 Å². The zero-order valence-corrected chi connectivity index (χ0v) is 21.5. The van der Waals surface area contributed by atoms with E-state index in [1.54, 1.807) is 20.8 Å². The summed E-state index contributed by atoms with van der Waals surface area (Å²) in [4.78, 5) is 32.2. The number of rotatable bonds is 5. The number of carbonyl (C=O) groups is 2. The predicted molar refractivity (Wildman–Crippen MR) is 138 cm³/mol. The van der Waals surface area contributed by atoms with Gasteiger partial charge >= 0.3 is 6.09 Å². The Balaban J connectivity index is 1.63. The van der Waals surface area contributed by atoms with Gasteiger partial charge in [-0.15, -0.1) is 0 Å². The van der Waals surface area contributed by atoms with Crippen molar-refractivity contribution in [3.8, 4) is 0 Å². The molecule has 8 nitrogen and oxygen atoms in total. The lowest BCUT2D eigenvalue weighted by molar-refractivity contribution is -0.119. The number of nitrogens with zero attached hydrogens (tertiary/aromatic N) is 2. The van der Waals surface area contributed by atoms with Crippen LogP contribution in [0.2, 0.25) is 0 Å². The third-order valence-electron chi connectivity index (χ3n) is 5.58. The fourth-order valence-corrected chi connectivity index (χ4v) is 8.05. The number of benzene rings is 2. The maximum atomic E-state index is 13.4. The summed E-state index contributed by atoms with van der Waals surface area (Å²) in [5.74, 6) is -0.468. The van der Waals surface area contributed by atoms with E-state index in [4.69, 9.17) is 4.74 Å². The number of sulfone groups is 1. The minimum absolute atomic E-state index is 0.0103. The number of hydrogen-bond donors (Lipinski definition) is 1. The lowest BCUT2D eigenvalue weighted by atomic mass is 10.1. The quantitative estimate of drug-likeness (QED) is 0.650. The molecule has 0 aliphatic carbocycles. The molecule has 2 aliphatic heterocycles. The molecule has 2 heterocycles. The van der Waals surface area contributed by atoms with E-state index in [0.29, 0.717) is 5.17 Å². The number of hydrogen-bond acceptors (Lipinski definition) is 6. The molecule has 2 saturated heterocycles. The van der Waals surface area contributed by atoms with Crippen molar-refractivity contribution in [1.29, 1.82) is 0 Å². The lowest BCUT2D eigenvalue weighted by Crippen LogP contribution is -2.45. The molecule has 1 N–H and O–H groups in total. The molecule has 0 saturated carbocycles. The summed E-state index contributed by atoms with van der Waals surface area (Å²) in [6, 6.07) is 17.4. The normalized spacial score (nSPS) is 23.1. The first kappa shape index (κ1) is 25.2. The SMILES string of the molecule is CC(C)(C)OC(=O)N[C@H](Cc1ccccc1)C(=O)N=C1S[C@@H]2CS(=O)(=O)C[C@H]2N1c1ccccc1. The lowest BCUT2D eigenvalue weighted by Gasteiger charge is -2.25. The largest absolute Gasteiger partial charge is 0.444 e. The first-order valence-electron chi connectivity index (χ1n) is 11.4. The van der Waals surface area contributed by atoms with E-state index in [9.17, 15) is 18.0 Å². The number of thioether (sulfide) groups is 1. The second-order valence-electron chi connectivity index (χ2n) is 9.63. The van der Waals surface area contributed by atoms with Gasteiger partial charge in [-0.1, -0.05) is 60.3 Å². The Morgan fingerprint density at radius 3 is 2.34 bits per heavy atom. The van der Waals surface area contributed by atoms with Crippen LogP contribution in [0.5, 0.6) is 0 Å². The topological polar surface area (TPSA) is 105 Å². The third kappa shape index (κ3) is 6.43. The van der Waals surface area contributed by atoms with E-state index < -0.39 is 33.5 Å². The summed E-state index contributed by atoms with van der Waals surface area (Å²) in [6.07, 6.45) is -0.457. The summed E-state index contributed by atoms with van der Waals surface area (Å²) < 4.78 is 29.9. The van der Waals surface area contributed by atoms with Gasteiger partial charge < -0.3 is 15.0 Å². The standard InChI is InChI=1S/C25H29N3O5S2/c1-25(2,3)33-24(30)26-19(14-17-10-6-4-7-11-17)22(29)27-23-28(18-12-8-5-9-13-18)20-15-35(31,32)16-21(20)34-23/h4-13,19-21H,14-16H2,1-3H3,(H,26,30)/t19-,20-,21-/m1/s1. The number of amides is 2. The number of anilines is 1. The fourth-order valence-electron chi connectivity index (χ4n) is 4.13. The molecule has 0 unspecified atom stereocenters. The Morgan fingerprint density at radius 2 is 1.71 bits per heavy atom. The highest BCUT2D eigenvalue weighted by molar-refractivity contribution is 8.16. The van der Waals surface area contributed by atoms with Gasteiger partial charge in [-0.3, -0.25) is 4.79 Å². The Labute approximate surface area is 210 Å². The molecule has 0 bridgehead atoms. The van der Waals surface area contributed by atoms with Crippen LogP contribution in [0.1, 0.15) is 26.3 Å². The zero-order chi connectivity index (χ0) is 25.2. The smallest absolute Gasteiger partial charge is 0.408 e. The molecule has 3 atom stereocenters. The van der Waals surface area contributed by atoms with Crippen LogP contribution >= 0.6 is 11.8 Å². The molecule has 4 rings (SSSR count). The average Bonchev–Trinajstić information content (AvgIpc) is 3.23. The minimum atomic E-state index is -3.16. The summed E-state index contributed by atoms with van der Waals surface area (Å²) in [7, 11) is -3.16. The molecule has 0 spiro atoms. The van der Waals surface area contributed by atoms with E-state index in [1.807, 2.05) is 65.6 Å². The van der Waals surface area contributed by atoms with Gasteiger partial charge in [0.05, 0.1) is 17.5 Å². The van der Waals surface area contributed by atoms with Crippen molar-refractivity contribution < 1.29 is 22.7 Å². The monoisotopic (exact) mass is 515 g/mol. The molecule has 0 radical (unpaired) electrons. The number of fused-ring (bicyclic) bond motifs is 1. The van der Waals surface area contributed by atoms with Crippen LogP contribution in [0.4, 0.5) is 10.5 Å². The van der Waals surface area contributed by atoms with Crippen LogP contribution in [0.25, 0.3) is 0 Å². The van der Waals surface area contributed by atoms with E-state index in [0.717, 1.165) is 11.3 Å². The van der Waals surface area contributed by atoms with E-state index in [2.05, 4.69) is 10.3 Å². The second kappa shape index (κ2) is 10.0. The molecule has 2 aromatic rings. The maximum Gasteiger partial charge on any atom is 0.408 e. The molecular formula is C25H29N3O5S2. The molecule has 186 valence electrons. The summed E-state index contributed by atoms with van der Waals surface area (Å²) in [6.45, 7) is 5.25. The van der Waals surface area contributed by atoms with Crippen LogP contribution in [0.3, 0.4) is 0 Å². The molecule has 10 heteroatoms. The third-order valence-corrected chi connectivity index (χ3v) is 8.79. The fraction of sp³-hybridized carbons (Fsp3) is 0.400. The highest BCUT2D eigenvalue weighted by Crippen LogP contribution is 2.40. The number of nitrogens with one attached hydrogen (secondary N) is 1. The number of carbonyl (C=O) groups excluding carboxylic acids is 2. The Kier molecular flexibility index (Phi) is 7.23. The molecule has 35 heavy (non-hydrogen) atoms. The number of para-hydroxylation sites is 1. The van der Waals surface area contributed by atoms with Gasteiger partial charge in [-0.05, 0) is 38.5 Å². The number of amidine groups is 1. The molecule has 2 aromatic carbocycles. The van der Waals surface area contributed by atoms with Gasteiger partial charge in [-0.2, -0.15) is 4.99 Å². The summed E-state index contributed by atoms with van der Waals surface area (Å²) in [5.41, 5.74) is 0.921. The van der Waals surface area contributed by atoms with Crippen molar-refractivity contribution in [3.05, 3.63) is 66.2 Å². The Morgan fingerprint density at radius 1 is 1.09 bits per heavy atom. The van der Waals surface area contributed by atoms with Gasteiger partial charge in [0.15, 0.2) is 15.0 Å². The first-order valence-corrected chi connectivity index (χ1v) is 14.1. The van der Waals surface area contributed by atoms with E-state index in [-0.39, 0.29) is 29.2 Å². The molecule has 2 fully saturated rings. The van der Waals surface area contributed by atoms with Crippen molar-refractivity contribution in [2.24, 2.45) is 4.99 Å². The van der Waals surface area contributed by atoms with Crippen LogP contribution in [0.15, 0.2) is 65.7 Å². The van der Waals surface area contributed by atoms with Gasteiger partial charge in [0.25, 0.3) is 5.91 Å². The number of ether oxygens (including phenoxy) is 1. The molecular weight excluding hydrogens is 486 g/mol.